The summed E-state index contributed by atoms with van der Waals surface area (Å²) < 4.78 is 5.07. The summed E-state index contributed by atoms with van der Waals surface area (Å²) in [4.78, 5) is 13.8. The lowest BCUT2D eigenvalue weighted by atomic mass is 10.3. The van der Waals surface area contributed by atoms with Crippen molar-refractivity contribution in [1.82, 2.24) is 4.98 Å². The Balaban J connectivity index is 2.35. The Bertz CT molecular complexity index is 399. The molecule has 0 aromatic carbocycles. The van der Waals surface area contributed by atoms with Crippen molar-refractivity contribution in [3.63, 3.8) is 0 Å². The van der Waals surface area contributed by atoms with E-state index in [1.165, 1.54) is 12.1 Å². The second-order valence-corrected chi connectivity index (χ2v) is 3.47. The zero-order valence-electron chi connectivity index (χ0n) is 9.83. The third-order valence-corrected chi connectivity index (χ3v) is 2.11. The molecule has 8 nitrogen and oxygen atoms in total. The van der Waals surface area contributed by atoms with E-state index in [0.29, 0.717) is 25.6 Å². The first-order chi connectivity index (χ1) is 8.65. The molecule has 0 aliphatic rings. The predicted molar refractivity (Wildman–Crippen MR) is 66.3 cm³/mol. The second-order valence-electron chi connectivity index (χ2n) is 3.47. The van der Waals surface area contributed by atoms with E-state index >= 15 is 0 Å². The number of aromatic nitrogens is 1. The van der Waals surface area contributed by atoms with Crippen molar-refractivity contribution in [3.05, 3.63) is 22.2 Å². The van der Waals surface area contributed by atoms with Crippen LogP contribution in [0.5, 0.6) is 0 Å². The number of aliphatic hydroxyl groups is 1. The summed E-state index contributed by atoms with van der Waals surface area (Å²) in [6.07, 6.45) is 0.735. The number of aliphatic hydroxyl groups excluding tert-OH is 1. The summed E-state index contributed by atoms with van der Waals surface area (Å²) in [5, 5.41) is 22.0. The van der Waals surface area contributed by atoms with Gasteiger partial charge in [0, 0.05) is 19.2 Å². The van der Waals surface area contributed by atoms with Gasteiger partial charge in [-0.2, -0.15) is 0 Å². The van der Waals surface area contributed by atoms with Crippen LogP contribution in [0.15, 0.2) is 12.1 Å². The minimum Gasteiger partial charge on any atom is -0.394 e. The second kappa shape index (κ2) is 7.41. The van der Waals surface area contributed by atoms with Gasteiger partial charge in [-0.05, 0) is 12.5 Å². The Kier molecular flexibility index (Phi) is 5.81. The molecule has 100 valence electrons. The van der Waals surface area contributed by atoms with Crippen LogP contribution in [-0.2, 0) is 4.74 Å². The molecule has 18 heavy (non-hydrogen) atoms. The van der Waals surface area contributed by atoms with E-state index in [0.717, 1.165) is 6.42 Å². The van der Waals surface area contributed by atoms with Crippen LogP contribution < -0.4 is 11.1 Å². The van der Waals surface area contributed by atoms with Crippen molar-refractivity contribution < 1.29 is 14.8 Å². The van der Waals surface area contributed by atoms with Gasteiger partial charge in [-0.3, -0.25) is 10.1 Å². The number of pyridine rings is 1. The molecule has 1 aromatic rings. The third kappa shape index (κ3) is 4.52. The highest BCUT2D eigenvalue weighted by molar-refractivity contribution is 5.57. The number of hydrogen-bond acceptors (Lipinski definition) is 7. The first-order valence-electron chi connectivity index (χ1n) is 5.48. The maximum Gasteiger partial charge on any atom is 0.311 e. The summed E-state index contributed by atoms with van der Waals surface area (Å²) >= 11 is 0. The highest BCUT2D eigenvalue weighted by Gasteiger charge is 2.12. The van der Waals surface area contributed by atoms with E-state index in [1.54, 1.807) is 0 Å². The molecule has 0 amide bonds. The van der Waals surface area contributed by atoms with Gasteiger partial charge in [-0.15, -0.1) is 0 Å². The van der Waals surface area contributed by atoms with Crippen LogP contribution in [0.1, 0.15) is 6.42 Å². The molecule has 1 rings (SSSR count). The van der Waals surface area contributed by atoms with Crippen LogP contribution in [0, 0.1) is 10.1 Å². The van der Waals surface area contributed by atoms with E-state index in [-0.39, 0.29) is 18.1 Å². The number of nitrogens with one attached hydrogen (secondary N) is 1. The zero-order valence-corrected chi connectivity index (χ0v) is 9.83. The first kappa shape index (κ1) is 14.1. The Labute approximate surface area is 104 Å². The lowest BCUT2D eigenvalue weighted by Gasteiger charge is -2.06. The average Bonchev–Trinajstić information content (AvgIpc) is 2.33. The van der Waals surface area contributed by atoms with E-state index in [4.69, 9.17) is 15.6 Å². The lowest BCUT2D eigenvalue weighted by Crippen LogP contribution is -2.09. The summed E-state index contributed by atoms with van der Waals surface area (Å²) in [5.74, 6) is 0.377. The molecule has 0 saturated carbocycles. The molecule has 0 atom stereocenters. The maximum absolute atomic E-state index is 10.5. The van der Waals surface area contributed by atoms with Gasteiger partial charge in [0.25, 0.3) is 0 Å². The summed E-state index contributed by atoms with van der Waals surface area (Å²) in [7, 11) is 0. The fraction of sp³-hybridized carbons (Fsp3) is 0.500. The minimum atomic E-state index is -0.575. The van der Waals surface area contributed by atoms with Gasteiger partial charge in [-0.25, -0.2) is 4.98 Å². The molecule has 1 heterocycles. The number of hydrogen-bond donors (Lipinski definition) is 3. The van der Waals surface area contributed by atoms with E-state index in [1.807, 2.05) is 0 Å². The maximum atomic E-state index is 10.5. The largest absolute Gasteiger partial charge is 0.394 e. The van der Waals surface area contributed by atoms with Gasteiger partial charge >= 0.3 is 5.69 Å². The number of nitrogens with zero attached hydrogens (tertiary/aromatic N) is 2. The van der Waals surface area contributed by atoms with Crippen LogP contribution in [0.3, 0.4) is 0 Å². The molecular formula is C10H16N4O4. The van der Waals surface area contributed by atoms with Crippen molar-refractivity contribution in [2.75, 3.05) is 37.4 Å². The molecule has 0 aliphatic heterocycles. The first-order valence-corrected chi connectivity index (χ1v) is 5.48. The highest BCUT2D eigenvalue weighted by atomic mass is 16.6. The Morgan fingerprint density at radius 2 is 2.28 bits per heavy atom. The topological polar surface area (TPSA) is 124 Å². The zero-order chi connectivity index (χ0) is 13.4. The molecule has 1 aromatic heterocycles. The number of rotatable bonds is 8. The van der Waals surface area contributed by atoms with Crippen molar-refractivity contribution >= 4 is 17.3 Å². The summed E-state index contributed by atoms with van der Waals surface area (Å²) in [6.45, 7) is 1.46. The van der Waals surface area contributed by atoms with Gasteiger partial charge in [0.1, 0.15) is 5.82 Å². The summed E-state index contributed by atoms with van der Waals surface area (Å²) in [6, 6.07) is 2.82. The van der Waals surface area contributed by atoms with Crippen molar-refractivity contribution in [3.8, 4) is 0 Å². The molecule has 0 aliphatic carbocycles. The molecule has 8 heteroatoms. The number of anilines is 2. The lowest BCUT2D eigenvalue weighted by molar-refractivity contribution is -0.384. The summed E-state index contributed by atoms with van der Waals surface area (Å²) in [5.41, 5.74) is 5.24. The van der Waals surface area contributed by atoms with Gasteiger partial charge in [0.05, 0.1) is 18.1 Å². The van der Waals surface area contributed by atoms with E-state index < -0.39 is 4.92 Å². The van der Waals surface area contributed by atoms with Crippen molar-refractivity contribution in [1.29, 1.82) is 0 Å². The SMILES string of the molecule is Nc1nc(NCCCOCCO)ccc1[N+](=O)[O-]. The Morgan fingerprint density at radius 1 is 1.50 bits per heavy atom. The molecule has 0 radical (unpaired) electrons. The number of ether oxygens (including phenoxy) is 1. The fourth-order valence-corrected chi connectivity index (χ4v) is 1.28. The van der Waals surface area contributed by atoms with Crippen LogP contribution in [0.2, 0.25) is 0 Å². The monoisotopic (exact) mass is 256 g/mol. The van der Waals surface area contributed by atoms with Crippen molar-refractivity contribution in [2.24, 2.45) is 0 Å². The molecule has 0 spiro atoms. The predicted octanol–water partition coefficient (Wildman–Crippen LogP) is 0.383. The average molecular weight is 256 g/mol. The number of nitro groups is 1. The molecule has 0 bridgehead atoms. The molecule has 0 fully saturated rings. The molecule has 4 N–H and O–H groups in total. The van der Waals surface area contributed by atoms with Crippen LogP contribution in [-0.4, -0.2) is 41.4 Å². The number of nitrogens with two attached hydrogens (primary N) is 1. The van der Waals surface area contributed by atoms with Crippen LogP contribution in [0.25, 0.3) is 0 Å². The number of nitrogen functional groups attached to an aromatic ring is 1. The standard InChI is InChI=1S/C10H16N4O4/c11-10-8(14(16)17)2-3-9(13-10)12-4-1-6-18-7-5-15/h2-3,15H,1,4-7H2,(H3,11,12,13). The quantitative estimate of drug-likeness (QED) is 0.349. The molecule has 0 unspecified atom stereocenters. The third-order valence-electron chi connectivity index (χ3n) is 2.11. The molecular weight excluding hydrogens is 240 g/mol. The van der Waals surface area contributed by atoms with Crippen LogP contribution >= 0.6 is 0 Å². The highest BCUT2D eigenvalue weighted by Crippen LogP contribution is 2.20. The van der Waals surface area contributed by atoms with Crippen LogP contribution in [0.4, 0.5) is 17.3 Å². The minimum absolute atomic E-state index is 0.00781. The van der Waals surface area contributed by atoms with Gasteiger partial charge < -0.3 is 20.9 Å². The van der Waals surface area contributed by atoms with Crippen molar-refractivity contribution in [2.45, 2.75) is 6.42 Å². The van der Waals surface area contributed by atoms with E-state index in [2.05, 4.69) is 10.3 Å². The Hall–Kier alpha value is -1.93. The smallest absolute Gasteiger partial charge is 0.311 e. The Morgan fingerprint density at radius 3 is 2.89 bits per heavy atom. The van der Waals surface area contributed by atoms with E-state index in [9.17, 15) is 10.1 Å². The fourth-order valence-electron chi connectivity index (χ4n) is 1.28. The normalized spacial score (nSPS) is 10.3. The van der Waals surface area contributed by atoms with Gasteiger partial charge in [0.15, 0.2) is 0 Å². The van der Waals surface area contributed by atoms with Gasteiger partial charge in [0.2, 0.25) is 5.82 Å². The van der Waals surface area contributed by atoms with Gasteiger partial charge in [-0.1, -0.05) is 0 Å². The molecule has 0 saturated heterocycles.